The normalized spacial score (nSPS) is 18.9. The van der Waals surface area contributed by atoms with Crippen molar-refractivity contribution in [3.05, 3.63) is 11.8 Å². The Labute approximate surface area is 341 Å². The molecule has 0 aromatic rings. The van der Waals surface area contributed by atoms with Crippen LogP contribution in [0.3, 0.4) is 0 Å². The van der Waals surface area contributed by atoms with Crippen LogP contribution in [-0.4, -0.2) is 130 Å². The van der Waals surface area contributed by atoms with Crippen molar-refractivity contribution in [1.82, 2.24) is 41.7 Å². The number of likely N-dealkylation sites (tertiary alicyclic amines) is 1. The summed E-state index contributed by atoms with van der Waals surface area (Å²) in [4.78, 5) is 120. The van der Waals surface area contributed by atoms with E-state index in [0.717, 1.165) is 0 Å². The summed E-state index contributed by atoms with van der Waals surface area (Å²) in [6, 6.07) is -7.13. The maximum atomic E-state index is 14.1. The van der Waals surface area contributed by atoms with Gasteiger partial charge in [0.2, 0.25) is 41.4 Å². The monoisotopic (exact) mass is 818 g/mol. The summed E-state index contributed by atoms with van der Waals surface area (Å²) >= 11 is 0. The Morgan fingerprint density at radius 3 is 1.57 bits per heavy atom. The van der Waals surface area contributed by atoms with Crippen molar-refractivity contribution in [2.24, 2.45) is 29.6 Å². The van der Waals surface area contributed by atoms with E-state index in [9.17, 15) is 48.3 Å². The van der Waals surface area contributed by atoms with Crippen molar-refractivity contribution in [2.75, 3.05) is 19.6 Å². The predicted molar refractivity (Wildman–Crippen MR) is 214 cm³/mol. The number of nitrogens with zero attached hydrogens (tertiary/aromatic N) is 2. The first kappa shape index (κ1) is 49.1. The molecule has 0 unspecified atom stereocenters. The van der Waals surface area contributed by atoms with Crippen molar-refractivity contribution >= 4 is 53.1 Å². The van der Waals surface area contributed by atoms with Crippen molar-refractivity contribution < 1.29 is 48.3 Å². The van der Waals surface area contributed by atoms with Gasteiger partial charge in [-0.3, -0.25) is 38.4 Å². The summed E-state index contributed by atoms with van der Waals surface area (Å²) < 4.78 is 0. The molecule has 0 bridgehead atoms. The van der Waals surface area contributed by atoms with Gasteiger partial charge in [0.05, 0.1) is 13.1 Å². The minimum absolute atomic E-state index is 0.00442. The van der Waals surface area contributed by atoms with Gasteiger partial charge in [0, 0.05) is 25.2 Å². The van der Waals surface area contributed by atoms with Crippen LogP contribution in [0.5, 0.6) is 0 Å². The third kappa shape index (κ3) is 13.5. The quantitative estimate of drug-likeness (QED) is 0.0918. The first-order valence-electron chi connectivity index (χ1n) is 20.2. The summed E-state index contributed by atoms with van der Waals surface area (Å²) in [5, 5.41) is 25.8. The molecule has 0 aromatic carbocycles. The zero-order chi connectivity index (χ0) is 44.3. The van der Waals surface area contributed by atoms with Crippen molar-refractivity contribution in [1.29, 1.82) is 0 Å². The number of nitrogens with one attached hydrogen (secondary N) is 6. The summed E-state index contributed by atoms with van der Waals surface area (Å²) in [7, 11) is 0. The highest BCUT2D eigenvalue weighted by atomic mass is 16.4. The molecular formula is C40H66N8O10. The fourth-order valence-corrected chi connectivity index (χ4v) is 6.83. The second-order valence-electron chi connectivity index (χ2n) is 17.1. The molecule has 1 fully saturated rings. The van der Waals surface area contributed by atoms with E-state index in [-0.39, 0.29) is 43.2 Å². The maximum Gasteiger partial charge on any atom is 0.326 e. The lowest BCUT2D eigenvalue weighted by molar-refractivity contribution is -0.144. The van der Waals surface area contributed by atoms with E-state index < -0.39 is 101 Å². The van der Waals surface area contributed by atoms with Crippen LogP contribution in [-0.2, 0) is 43.2 Å². The van der Waals surface area contributed by atoms with Gasteiger partial charge in [0.1, 0.15) is 42.3 Å². The van der Waals surface area contributed by atoms with Crippen LogP contribution in [0.1, 0.15) is 95.9 Å². The van der Waals surface area contributed by atoms with Gasteiger partial charge in [-0.05, 0) is 49.4 Å². The molecule has 2 rings (SSSR count). The molecular weight excluding hydrogens is 752 g/mol. The molecule has 0 saturated carbocycles. The smallest absolute Gasteiger partial charge is 0.326 e. The van der Waals surface area contributed by atoms with Gasteiger partial charge in [-0.25, -0.2) is 4.79 Å². The van der Waals surface area contributed by atoms with Gasteiger partial charge in [0.25, 0.3) is 0 Å². The lowest BCUT2D eigenvalue weighted by Crippen LogP contribution is -2.60. The molecule has 7 amide bonds. The summed E-state index contributed by atoms with van der Waals surface area (Å²) in [6.45, 7) is 20.1. The third-order valence-corrected chi connectivity index (χ3v) is 10.2. The van der Waals surface area contributed by atoms with Crippen molar-refractivity contribution in [3.63, 3.8) is 0 Å². The maximum absolute atomic E-state index is 14.1. The minimum Gasteiger partial charge on any atom is -0.480 e. The van der Waals surface area contributed by atoms with E-state index in [1.165, 1.54) is 29.7 Å². The molecule has 2 heterocycles. The van der Waals surface area contributed by atoms with E-state index in [1.54, 1.807) is 55.4 Å². The number of hydrogen-bond donors (Lipinski definition) is 7. The predicted octanol–water partition coefficient (Wildman–Crippen LogP) is 0.0592. The van der Waals surface area contributed by atoms with Crippen molar-refractivity contribution in [2.45, 2.75) is 138 Å². The largest absolute Gasteiger partial charge is 0.480 e. The molecule has 0 spiro atoms. The lowest BCUT2D eigenvalue weighted by atomic mass is 9.98. The van der Waals surface area contributed by atoms with Crippen LogP contribution in [0, 0.1) is 29.6 Å². The number of amides is 7. The molecule has 0 aliphatic carbocycles. The zero-order valence-corrected chi connectivity index (χ0v) is 36.1. The average molecular weight is 819 g/mol. The van der Waals surface area contributed by atoms with E-state index >= 15 is 0 Å². The number of carbonyl (C=O) groups excluding carboxylic acids is 8. The Balaban J connectivity index is 2.15. The number of rotatable bonds is 19. The van der Waals surface area contributed by atoms with Crippen molar-refractivity contribution in [3.8, 4) is 0 Å². The second kappa shape index (κ2) is 21.6. The fraction of sp³-hybridized carbons (Fsp3) is 0.725. The Bertz CT molecular complexity index is 1590. The molecule has 58 heavy (non-hydrogen) atoms. The Morgan fingerprint density at radius 1 is 0.621 bits per heavy atom. The van der Waals surface area contributed by atoms with Gasteiger partial charge < -0.3 is 46.8 Å². The minimum atomic E-state index is -1.21. The van der Waals surface area contributed by atoms with E-state index in [1.807, 2.05) is 13.8 Å². The van der Waals surface area contributed by atoms with E-state index in [0.29, 0.717) is 18.5 Å². The number of hydrogen-bond acceptors (Lipinski definition) is 10. The Morgan fingerprint density at radius 2 is 1.10 bits per heavy atom. The number of aliphatic carboxylic acids is 1. The Kier molecular flexibility index (Phi) is 18.3. The van der Waals surface area contributed by atoms with Crippen LogP contribution < -0.4 is 31.9 Å². The van der Waals surface area contributed by atoms with E-state index in [4.69, 9.17) is 0 Å². The molecule has 2 aliphatic heterocycles. The van der Waals surface area contributed by atoms with Gasteiger partial charge in [-0.2, -0.15) is 0 Å². The van der Waals surface area contributed by atoms with Gasteiger partial charge in [-0.1, -0.05) is 69.2 Å². The third-order valence-electron chi connectivity index (χ3n) is 10.2. The summed E-state index contributed by atoms with van der Waals surface area (Å²) in [5.41, 5.74) is 0.344. The molecule has 0 aromatic heterocycles. The molecule has 7 N–H and O–H groups in total. The number of carbonyl (C=O) groups is 9. The highest BCUT2D eigenvalue weighted by Gasteiger charge is 2.41. The molecule has 18 heteroatoms. The number of carboxylic acid groups (broad SMARTS) is 1. The number of carboxylic acids is 1. The molecule has 1 saturated heterocycles. The highest BCUT2D eigenvalue weighted by Crippen LogP contribution is 2.22. The average Bonchev–Trinajstić information content (AvgIpc) is 3.61. The topological polar surface area (TPSA) is 253 Å². The van der Waals surface area contributed by atoms with Crippen LogP contribution in [0.15, 0.2) is 11.8 Å². The Hall–Kier alpha value is -5.03. The molecule has 0 radical (unpaired) electrons. The van der Waals surface area contributed by atoms with Gasteiger partial charge in [0.15, 0.2) is 5.78 Å². The first-order valence-corrected chi connectivity index (χ1v) is 20.2. The van der Waals surface area contributed by atoms with Crippen LogP contribution in [0.2, 0.25) is 0 Å². The first-order chi connectivity index (χ1) is 26.9. The number of ketones is 1. The summed E-state index contributed by atoms with van der Waals surface area (Å²) in [6.07, 6.45) is 2.20. The molecule has 326 valence electrons. The second-order valence-corrected chi connectivity index (χ2v) is 17.1. The molecule has 18 nitrogen and oxygen atoms in total. The summed E-state index contributed by atoms with van der Waals surface area (Å²) in [5.74, 6) is -7.18. The lowest BCUT2D eigenvalue weighted by Gasteiger charge is -2.35. The van der Waals surface area contributed by atoms with Crippen LogP contribution in [0.25, 0.3) is 0 Å². The zero-order valence-electron chi connectivity index (χ0n) is 36.1. The van der Waals surface area contributed by atoms with Crippen LogP contribution >= 0.6 is 0 Å². The molecule has 7 atom stereocenters. The van der Waals surface area contributed by atoms with E-state index in [2.05, 4.69) is 31.9 Å². The molecule has 2 aliphatic rings. The van der Waals surface area contributed by atoms with Crippen LogP contribution in [0.4, 0.5) is 0 Å². The fourth-order valence-electron chi connectivity index (χ4n) is 6.83. The van der Waals surface area contributed by atoms with Gasteiger partial charge in [-0.15, -0.1) is 0 Å². The standard InChI is InChI=1S/C40H66N8O10/c1-19(2)29(36(53)45-30(20(3)4)37(54)46-33(23(9)10)40(57)58)44-34(51)24(11)41-35(52)28-14-13-15-48(28)39(56)32(22(7)8)43-26-16-27(50)18-47(17-26)38(55)31(21(5)6)42-25(12)49/h16,19-24,28-33,43H,13-15,17-18H2,1-12H3,(H,41,52)(H,42,49)(H,44,51)(H,45,53)(H,46,54)(H,57,58)/t24-,28+,29-,30-,31-,32-,33-/m0/s1. The SMILES string of the molecule is CC(=O)N[C@H](C(=O)N1CC(=O)C=C(N[C@H](C(=O)N2CCC[C@@H]2C(=O)N[C@@H](C)C(=O)N[C@H](C(=O)N[C@H](C(=O)N[C@H](C(=O)O)C(C)C)C(C)C)C(C)C)C(C)C)C1)C(C)C. The highest BCUT2D eigenvalue weighted by molar-refractivity contribution is 5.99. The van der Waals surface area contributed by atoms with Gasteiger partial charge >= 0.3 is 5.97 Å².